The Kier molecular flexibility index (Phi) is 3.33. The molecule has 19 heavy (non-hydrogen) atoms. The molecule has 0 saturated heterocycles. The van der Waals surface area contributed by atoms with Gasteiger partial charge in [-0.2, -0.15) is 0 Å². The number of hydrogen-bond donors (Lipinski definition) is 1. The maximum absolute atomic E-state index is 12.0. The molecule has 6 heteroatoms. The SMILES string of the molecule is CN(CC(N)=O)C(=O)c1cc2ccccc2oc1=O. The fraction of sp³-hybridized carbons (Fsp3) is 0.154. The Balaban J connectivity index is 2.44. The summed E-state index contributed by atoms with van der Waals surface area (Å²) in [6, 6.07) is 8.30. The van der Waals surface area contributed by atoms with Crippen molar-refractivity contribution in [2.75, 3.05) is 13.6 Å². The molecule has 2 aromatic rings. The van der Waals surface area contributed by atoms with Gasteiger partial charge in [-0.25, -0.2) is 4.79 Å². The van der Waals surface area contributed by atoms with Gasteiger partial charge in [-0.05, 0) is 12.1 Å². The van der Waals surface area contributed by atoms with Gasteiger partial charge in [-0.3, -0.25) is 9.59 Å². The molecule has 0 bridgehead atoms. The van der Waals surface area contributed by atoms with Crippen LogP contribution in [-0.4, -0.2) is 30.3 Å². The van der Waals surface area contributed by atoms with Gasteiger partial charge >= 0.3 is 5.63 Å². The van der Waals surface area contributed by atoms with Crippen molar-refractivity contribution >= 4 is 22.8 Å². The minimum absolute atomic E-state index is 0.123. The van der Waals surface area contributed by atoms with Gasteiger partial charge < -0.3 is 15.1 Å². The highest BCUT2D eigenvalue weighted by atomic mass is 16.4. The van der Waals surface area contributed by atoms with Gasteiger partial charge in [0.2, 0.25) is 5.91 Å². The number of rotatable bonds is 3. The van der Waals surface area contributed by atoms with Gasteiger partial charge in [0.15, 0.2) is 0 Å². The Hall–Kier alpha value is -2.63. The number of benzene rings is 1. The van der Waals surface area contributed by atoms with E-state index >= 15 is 0 Å². The van der Waals surface area contributed by atoms with E-state index in [-0.39, 0.29) is 12.1 Å². The van der Waals surface area contributed by atoms with Crippen molar-refractivity contribution in [2.45, 2.75) is 0 Å². The van der Waals surface area contributed by atoms with E-state index in [4.69, 9.17) is 10.2 Å². The van der Waals surface area contributed by atoms with Gasteiger partial charge in [0.05, 0.1) is 6.54 Å². The average Bonchev–Trinajstić information content (AvgIpc) is 2.36. The molecule has 2 rings (SSSR count). The van der Waals surface area contributed by atoms with E-state index in [2.05, 4.69) is 0 Å². The van der Waals surface area contributed by atoms with Crippen LogP contribution in [0.15, 0.2) is 39.5 Å². The number of carbonyl (C=O) groups is 2. The lowest BCUT2D eigenvalue weighted by Gasteiger charge is -2.14. The van der Waals surface area contributed by atoms with Crippen LogP contribution >= 0.6 is 0 Å². The fourth-order valence-corrected chi connectivity index (χ4v) is 1.72. The third-order valence-corrected chi connectivity index (χ3v) is 2.61. The van der Waals surface area contributed by atoms with Crippen LogP contribution in [-0.2, 0) is 4.79 Å². The minimum Gasteiger partial charge on any atom is -0.422 e. The Bertz CT molecular complexity index is 705. The summed E-state index contributed by atoms with van der Waals surface area (Å²) < 4.78 is 5.05. The number of primary amides is 1. The standard InChI is InChI=1S/C13H12N2O4/c1-15(7-11(14)16)12(17)9-6-8-4-2-3-5-10(8)19-13(9)18/h2-6H,7H2,1H3,(H2,14,16). The Morgan fingerprint density at radius 3 is 2.68 bits per heavy atom. The van der Waals surface area contributed by atoms with E-state index in [1.165, 1.54) is 13.1 Å². The summed E-state index contributed by atoms with van der Waals surface area (Å²) in [7, 11) is 1.39. The molecule has 0 radical (unpaired) electrons. The second-order valence-electron chi connectivity index (χ2n) is 4.11. The summed E-state index contributed by atoms with van der Waals surface area (Å²) in [6.07, 6.45) is 0. The summed E-state index contributed by atoms with van der Waals surface area (Å²) in [5, 5.41) is 0.637. The van der Waals surface area contributed by atoms with Gasteiger partial charge in [-0.1, -0.05) is 18.2 Å². The summed E-state index contributed by atoms with van der Waals surface area (Å²) >= 11 is 0. The van der Waals surface area contributed by atoms with E-state index in [0.717, 1.165) is 4.90 Å². The number of para-hydroxylation sites is 1. The number of hydrogen-bond acceptors (Lipinski definition) is 4. The van der Waals surface area contributed by atoms with Crippen molar-refractivity contribution in [3.05, 3.63) is 46.3 Å². The van der Waals surface area contributed by atoms with E-state index in [1.807, 2.05) is 0 Å². The molecule has 0 aliphatic carbocycles. The first kappa shape index (κ1) is 12.8. The lowest BCUT2D eigenvalue weighted by atomic mass is 10.1. The molecule has 0 spiro atoms. The quantitative estimate of drug-likeness (QED) is 0.806. The van der Waals surface area contributed by atoms with Crippen LogP contribution in [0, 0.1) is 0 Å². The molecule has 0 aliphatic rings. The highest BCUT2D eigenvalue weighted by Gasteiger charge is 2.18. The van der Waals surface area contributed by atoms with Gasteiger partial charge in [-0.15, -0.1) is 0 Å². The predicted octanol–water partition coefficient (Wildman–Crippen LogP) is 0.350. The zero-order chi connectivity index (χ0) is 14.0. The van der Waals surface area contributed by atoms with Crippen molar-refractivity contribution in [1.29, 1.82) is 0 Å². The summed E-state index contributed by atoms with van der Waals surface area (Å²) in [4.78, 5) is 35.6. The van der Waals surface area contributed by atoms with Gasteiger partial charge in [0.25, 0.3) is 5.91 Å². The molecule has 98 valence electrons. The molecule has 1 heterocycles. The molecule has 0 saturated carbocycles. The van der Waals surface area contributed by atoms with E-state index in [9.17, 15) is 14.4 Å². The van der Waals surface area contributed by atoms with Gasteiger partial charge in [0.1, 0.15) is 11.1 Å². The van der Waals surface area contributed by atoms with Crippen molar-refractivity contribution in [3.8, 4) is 0 Å². The van der Waals surface area contributed by atoms with Crippen LogP contribution in [0.4, 0.5) is 0 Å². The minimum atomic E-state index is -0.736. The zero-order valence-electron chi connectivity index (χ0n) is 10.3. The second-order valence-corrected chi connectivity index (χ2v) is 4.11. The fourth-order valence-electron chi connectivity index (χ4n) is 1.72. The smallest absolute Gasteiger partial charge is 0.349 e. The Morgan fingerprint density at radius 2 is 2.00 bits per heavy atom. The molecule has 1 aromatic carbocycles. The maximum Gasteiger partial charge on any atom is 0.349 e. The van der Waals surface area contributed by atoms with Crippen molar-refractivity contribution < 1.29 is 14.0 Å². The highest BCUT2D eigenvalue weighted by Crippen LogP contribution is 2.13. The molecule has 6 nitrogen and oxygen atoms in total. The highest BCUT2D eigenvalue weighted by molar-refractivity contribution is 5.98. The number of fused-ring (bicyclic) bond motifs is 1. The normalized spacial score (nSPS) is 10.4. The zero-order valence-corrected chi connectivity index (χ0v) is 10.3. The summed E-state index contributed by atoms with van der Waals surface area (Å²) in [5.41, 5.74) is 4.55. The lowest BCUT2D eigenvalue weighted by molar-refractivity contribution is -0.118. The number of carbonyl (C=O) groups excluding carboxylic acids is 2. The first-order chi connectivity index (χ1) is 8.99. The summed E-state index contributed by atoms with van der Waals surface area (Å²) in [6.45, 7) is -0.259. The van der Waals surface area contributed by atoms with Crippen LogP contribution in [0.2, 0.25) is 0 Å². The number of likely N-dealkylation sites (N-methyl/N-ethyl adjacent to an activating group) is 1. The first-order valence-electron chi connectivity index (χ1n) is 5.55. The Labute approximate surface area is 108 Å². The number of nitrogens with zero attached hydrogens (tertiary/aromatic N) is 1. The van der Waals surface area contributed by atoms with E-state index in [0.29, 0.717) is 11.0 Å². The van der Waals surface area contributed by atoms with Crippen LogP contribution in [0.3, 0.4) is 0 Å². The van der Waals surface area contributed by atoms with Gasteiger partial charge in [0, 0.05) is 12.4 Å². The molecular weight excluding hydrogens is 248 g/mol. The van der Waals surface area contributed by atoms with Crippen molar-refractivity contribution in [3.63, 3.8) is 0 Å². The Morgan fingerprint density at radius 1 is 1.32 bits per heavy atom. The van der Waals surface area contributed by atoms with Crippen LogP contribution < -0.4 is 11.4 Å². The third kappa shape index (κ3) is 2.62. The summed E-state index contributed by atoms with van der Waals surface area (Å²) in [5.74, 6) is -1.25. The number of amides is 2. The molecule has 0 aliphatic heterocycles. The monoisotopic (exact) mass is 260 g/mol. The number of nitrogens with two attached hydrogens (primary N) is 1. The molecule has 0 atom stereocenters. The maximum atomic E-state index is 12.0. The van der Waals surface area contributed by atoms with Crippen LogP contribution in [0.5, 0.6) is 0 Å². The molecule has 2 amide bonds. The molecule has 1 aromatic heterocycles. The molecule has 2 N–H and O–H groups in total. The predicted molar refractivity (Wildman–Crippen MR) is 68.6 cm³/mol. The average molecular weight is 260 g/mol. The lowest BCUT2D eigenvalue weighted by Crippen LogP contribution is -2.37. The van der Waals surface area contributed by atoms with E-state index < -0.39 is 17.4 Å². The topological polar surface area (TPSA) is 93.6 Å². The van der Waals surface area contributed by atoms with Crippen LogP contribution in [0.25, 0.3) is 11.0 Å². The first-order valence-corrected chi connectivity index (χ1v) is 5.55. The molecule has 0 fully saturated rings. The van der Waals surface area contributed by atoms with Crippen LogP contribution in [0.1, 0.15) is 10.4 Å². The largest absolute Gasteiger partial charge is 0.422 e. The third-order valence-electron chi connectivity index (χ3n) is 2.61. The van der Waals surface area contributed by atoms with Crippen molar-refractivity contribution in [1.82, 2.24) is 4.90 Å². The molecule has 0 unspecified atom stereocenters. The second kappa shape index (κ2) is 4.93. The van der Waals surface area contributed by atoms with E-state index in [1.54, 1.807) is 24.3 Å². The molecular formula is C13H12N2O4. The van der Waals surface area contributed by atoms with Crippen molar-refractivity contribution in [2.24, 2.45) is 5.73 Å².